The molecule has 6 heteroatoms. The average molecular weight is 446 g/mol. The van der Waals surface area contributed by atoms with E-state index in [1.807, 2.05) is 30.5 Å². The first-order chi connectivity index (χ1) is 16.1. The fraction of sp³-hybridized carbons (Fsp3) is 0.407. The molecule has 2 fully saturated rings. The lowest BCUT2D eigenvalue weighted by Crippen LogP contribution is -2.48. The summed E-state index contributed by atoms with van der Waals surface area (Å²) in [5.41, 5.74) is 2.68. The Balaban J connectivity index is 1.44. The summed E-state index contributed by atoms with van der Waals surface area (Å²) in [6.07, 6.45) is 9.39. The van der Waals surface area contributed by atoms with Crippen molar-refractivity contribution in [1.82, 2.24) is 15.2 Å². The van der Waals surface area contributed by atoms with E-state index in [9.17, 15) is 14.7 Å². The Hall–Kier alpha value is -3.28. The van der Waals surface area contributed by atoms with Crippen LogP contribution in [-0.4, -0.2) is 38.9 Å². The zero-order chi connectivity index (χ0) is 22.8. The standard InChI is InChI=1S/C27H31N3O3/c31-22-14-10-18(11-15-22)26(27(33)29-20-6-2-1-3-7-20)30(21-12-13-21)25(32)16-19-17-28-24-9-5-4-8-23(19)24/h4-5,8-11,14-15,17,20-21,26,28,31H,1-3,6-7,12-13,16H2,(H,29,33). The van der Waals surface area contributed by atoms with Crippen LogP contribution in [0.5, 0.6) is 5.75 Å². The van der Waals surface area contributed by atoms with E-state index >= 15 is 0 Å². The molecule has 0 aliphatic heterocycles. The molecule has 2 aliphatic rings. The van der Waals surface area contributed by atoms with Gasteiger partial charge in [0.2, 0.25) is 11.8 Å². The number of aromatic amines is 1. The number of hydrogen-bond donors (Lipinski definition) is 3. The second kappa shape index (κ2) is 9.30. The average Bonchev–Trinajstić information content (AvgIpc) is 3.59. The van der Waals surface area contributed by atoms with Gasteiger partial charge in [0.15, 0.2) is 0 Å². The van der Waals surface area contributed by atoms with Crippen molar-refractivity contribution in [2.24, 2.45) is 0 Å². The molecular formula is C27H31N3O3. The van der Waals surface area contributed by atoms with Gasteiger partial charge in [-0.2, -0.15) is 0 Å². The fourth-order valence-corrected chi connectivity index (χ4v) is 5.07. The monoisotopic (exact) mass is 445 g/mol. The molecule has 2 amide bonds. The van der Waals surface area contributed by atoms with Gasteiger partial charge < -0.3 is 20.3 Å². The van der Waals surface area contributed by atoms with E-state index in [0.29, 0.717) is 0 Å². The largest absolute Gasteiger partial charge is 0.508 e. The van der Waals surface area contributed by atoms with Crippen LogP contribution < -0.4 is 5.32 Å². The minimum absolute atomic E-state index is 0.0425. The van der Waals surface area contributed by atoms with Crippen molar-refractivity contribution in [2.75, 3.05) is 0 Å². The van der Waals surface area contributed by atoms with E-state index in [1.165, 1.54) is 6.42 Å². The van der Waals surface area contributed by atoms with Crippen LogP contribution in [0.2, 0.25) is 0 Å². The highest BCUT2D eigenvalue weighted by Gasteiger charge is 2.41. The summed E-state index contributed by atoms with van der Waals surface area (Å²) < 4.78 is 0. The smallest absolute Gasteiger partial charge is 0.247 e. The lowest BCUT2D eigenvalue weighted by molar-refractivity contribution is -0.141. The van der Waals surface area contributed by atoms with Gasteiger partial charge in [0.05, 0.1) is 6.42 Å². The molecule has 3 N–H and O–H groups in total. The van der Waals surface area contributed by atoms with Crippen LogP contribution in [-0.2, 0) is 16.0 Å². The summed E-state index contributed by atoms with van der Waals surface area (Å²) in [4.78, 5) is 32.4. The minimum Gasteiger partial charge on any atom is -0.508 e. The van der Waals surface area contributed by atoms with E-state index in [0.717, 1.165) is 60.6 Å². The van der Waals surface area contributed by atoms with Crippen LogP contribution in [0.25, 0.3) is 10.9 Å². The Morgan fingerprint density at radius 3 is 2.45 bits per heavy atom. The zero-order valence-corrected chi connectivity index (χ0v) is 18.8. The van der Waals surface area contributed by atoms with Gasteiger partial charge in [-0.1, -0.05) is 49.6 Å². The molecule has 0 bridgehead atoms. The number of phenolic OH excluding ortho intramolecular Hbond substituents is 1. The van der Waals surface area contributed by atoms with Crippen molar-refractivity contribution in [3.05, 3.63) is 65.9 Å². The number of rotatable bonds is 7. The first-order valence-electron chi connectivity index (χ1n) is 12.1. The highest BCUT2D eigenvalue weighted by atomic mass is 16.3. The lowest BCUT2D eigenvalue weighted by atomic mass is 9.94. The molecule has 0 spiro atoms. The third kappa shape index (κ3) is 4.75. The number of amides is 2. The number of fused-ring (bicyclic) bond motifs is 1. The van der Waals surface area contributed by atoms with E-state index in [1.54, 1.807) is 29.2 Å². The molecule has 33 heavy (non-hydrogen) atoms. The van der Waals surface area contributed by atoms with Gasteiger partial charge in [0.1, 0.15) is 11.8 Å². The number of H-pyrrole nitrogens is 1. The third-order valence-corrected chi connectivity index (χ3v) is 6.93. The quantitative estimate of drug-likeness (QED) is 0.497. The number of aromatic nitrogens is 1. The maximum Gasteiger partial charge on any atom is 0.247 e. The van der Waals surface area contributed by atoms with Gasteiger partial charge >= 0.3 is 0 Å². The highest BCUT2D eigenvalue weighted by molar-refractivity contribution is 5.93. The van der Waals surface area contributed by atoms with E-state index in [2.05, 4.69) is 10.3 Å². The van der Waals surface area contributed by atoms with E-state index in [-0.39, 0.29) is 36.1 Å². The zero-order valence-electron chi connectivity index (χ0n) is 18.8. The van der Waals surface area contributed by atoms with Crippen LogP contribution in [0, 0.1) is 0 Å². The summed E-state index contributed by atoms with van der Waals surface area (Å²) in [6, 6.07) is 14.2. The summed E-state index contributed by atoms with van der Waals surface area (Å²) in [5.74, 6) is -0.0147. The summed E-state index contributed by atoms with van der Waals surface area (Å²) >= 11 is 0. The van der Waals surface area contributed by atoms with E-state index in [4.69, 9.17) is 0 Å². The number of benzene rings is 2. The molecule has 2 aliphatic carbocycles. The van der Waals surface area contributed by atoms with Gasteiger partial charge in [-0.05, 0) is 55.0 Å². The van der Waals surface area contributed by atoms with Crippen LogP contribution in [0.1, 0.15) is 62.1 Å². The van der Waals surface area contributed by atoms with Gasteiger partial charge in [-0.3, -0.25) is 9.59 Å². The minimum atomic E-state index is -0.697. The van der Waals surface area contributed by atoms with Crippen LogP contribution >= 0.6 is 0 Å². The Bertz CT molecular complexity index is 1130. The Morgan fingerprint density at radius 1 is 1.00 bits per heavy atom. The molecular weight excluding hydrogens is 414 g/mol. The van der Waals surface area contributed by atoms with Crippen molar-refractivity contribution >= 4 is 22.7 Å². The molecule has 0 radical (unpaired) electrons. The topological polar surface area (TPSA) is 85.4 Å². The summed E-state index contributed by atoms with van der Waals surface area (Å²) in [6.45, 7) is 0. The van der Waals surface area contributed by atoms with E-state index < -0.39 is 6.04 Å². The molecule has 1 atom stereocenters. The first-order valence-corrected chi connectivity index (χ1v) is 12.1. The van der Waals surface area contributed by atoms with Crippen molar-refractivity contribution in [3.8, 4) is 5.75 Å². The van der Waals surface area contributed by atoms with Crippen LogP contribution in [0.3, 0.4) is 0 Å². The molecule has 2 saturated carbocycles. The number of aromatic hydroxyl groups is 1. The number of carbonyl (C=O) groups is 2. The van der Waals surface area contributed by atoms with Crippen molar-refractivity contribution in [2.45, 2.75) is 69.5 Å². The summed E-state index contributed by atoms with van der Waals surface area (Å²) in [5, 5.41) is 14.1. The molecule has 172 valence electrons. The third-order valence-electron chi connectivity index (χ3n) is 6.93. The van der Waals surface area contributed by atoms with Crippen molar-refractivity contribution in [1.29, 1.82) is 0 Å². The lowest BCUT2D eigenvalue weighted by Gasteiger charge is -2.33. The van der Waals surface area contributed by atoms with Gasteiger partial charge in [0, 0.05) is 29.2 Å². The normalized spacial score (nSPS) is 17.6. The maximum absolute atomic E-state index is 13.7. The second-order valence-electron chi connectivity index (χ2n) is 9.41. The number of hydrogen-bond acceptors (Lipinski definition) is 3. The molecule has 1 aromatic heterocycles. The molecule has 5 rings (SSSR count). The van der Waals surface area contributed by atoms with Crippen LogP contribution in [0.15, 0.2) is 54.7 Å². The Labute approximate surface area is 194 Å². The molecule has 6 nitrogen and oxygen atoms in total. The molecule has 0 saturated heterocycles. The SMILES string of the molecule is O=C(NC1CCCCC1)C(c1ccc(O)cc1)N(C(=O)Cc1c[nH]c2ccccc12)C1CC1. The number of para-hydroxylation sites is 1. The molecule has 2 aromatic carbocycles. The van der Waals surface area contributed by atoms with Gasteiger partial charge in [-0.25, -0.2) is 0 Å². The first kappa shape index (κ1) is 21.6. The molecule has 1 unspecified atom stereocenters. The van der Waals surface area contributed by atoms with Gasteiger partial charge in [-0.15, -0.1) is 0 Å². The highest BCUT2D eigenvalue weighted by Crippen LogP contribution is 2.36. The number of nitrogens with one attached hydrogen (secondary N) is 2. The Morgan fingerprint density at radius 2 is 1.73 bits per heavy atom. The van der Waals surface area contributed by atoms with Crippen molar-refractivity contribution < 1.29 is 14.7 Å². The predicted molar refractivity (Wildman–Crippen MR) is 128 cm³/mol. The summed E-state index contributed by atoms with van der Waals surface area (Å²) in [7, 11) is 0. The molecule has 1 heterocycles. The Kier molecular flexibility index (Phi) is 6.07. The maximum atomic E-state index is 13.7. The molecule has 3 aromatic rings. The fourth-order valence-electron chi connectivity index (χ4n) is 5.07. The second-order valence-corrected chi connectivity index (χ2v) is 9.41. The number of carbonyl (C=O) groups excluding carboxylic acids is 2. The predicted octanol–water partition coefficient (Wildman–Crippen LogP) is 4.60. The van der Waals surface area contributed by atoms with Crippen LogP contribution in [0.4, 0.5) is 0 Å². The van der Waals surface area contributed by atoms with Gasteiger partial charge in [0.25, 0.3) is 0 Å². The number of nitrogens with zero attached hydrogens (tertiary/aromatic N) is 1. The van der Waals surface area contributed by atoms with Crippen molar-refractivity contribution in [3.63, 3.8) is 0 Å². The number of phenols is 1.